The number of thioether (sulfide) groups is 1. The van der Waals surface area contributed by atoms with Gasteiger partial charge in [0.2, 0.25) is 11.8 Å². The van der Waals surface area contributed by atoms with E-state index in [1.54, 1.807) is 19.6 Å². The van der Waals surface area contributed by atoms with Gasteiger partial charge in [0.15, 0.2) is 7.85 Å². The lowest BCUT2D eigenvalue weighted by molar-refractivity contribution is -0.138. The zero-order valence-electron chi connectivity index (χ0n) is 13.6. The molecular formula is C14H25B2NO3S. The number of amides is 2. The molecule has 0 saturated carbocycles. The van der Waals surface area contributed by atoms with Crippen molar-refractivity contribution < 1.29 is 14.4 Å². The summed E-state index contributed by atoms with van der Waals surface area (Å²) in [4.78, 5) is 36.6. The van der Waals surface area contributed by atoms with Crippen LogP contribution in [0.25, 0.3) is 0 Å². The van der Waals surface area contributed by atoms with Crippen LogP contribution in [0.2, 0.25) is 0 Å². The van der Waals surface area contributed by atoms with Gasteiger partial charge >= 0.3 is 0 Å². The second-order valence-electron chi connectivity index (χ2n) is 6.32. The number of imide groups is 1. The first-order chi connectivity index (χ1) is 9.76. The quantitative estimate of drug-likeness (QED) is 0.350. The van der Waals surface area contributed by atoms with Crippen molar-refractivity contribution in [2.45, 2.75) is 62.3 Å². The lowest BCUT2D eigenvalue weighted by Gasteiger charge is -2.25. The van der Waals surface area contributed by atoms with Crippen LogP contribution in [0.5, 0.6) is 0 Å². The number of hydrogen-bond acceptors (Lipinski definition) is 4. The Morgan fingerprint density at radius 1 is 1.38 bits per heavy atom. The van der Waals surface area contributed by atoms with E-state index in [0.29, 0.717) is 19.4 Å². The van der Waals surface area contributed by atoms with Crippen molar-refractivity contribution in [3.63, 3.8) is 0 Å². The summed E-state index contributed by atoms with van der Waals surface area (Å²) >= 11 is 1.62. The van der Waals surface area contributed by atoms with E-state index in [2.05, 4.69) is 21.7 Å². The highest BCUT2D eigenvalue weighted by molar-refractivity contribution is 8.03. The second kappa shape index (κ2) is 8.06. The second-order valence-corrected chi connectivity index (χ2v) is 8.23. The van der Waals surface area contributed by atoms with Gasteiger partial charge in [0, 0.05) is 13.0 Å². The molecule has 7 heteroatoms. The Balaban J connectivity index is 2.41. The highest BCUT2D eigenvalue weighted by Gasteiger charge is 2.40. The summed E-state index contributed by atoms with van der Waals surface area (Å²) in [6.45, 7) is 4.71. The van der Waals surface area contributed by atoms with E-state index in [-0.39, 0.29) is 27.4 Å². The number of hydrogen-bond donors (Lipinski definition) is 0. The molecule has 0 N–H and O–H groups in total. The average Bonchev–Trinajstić information content (AvgIpc) is 2.64. The zero-order valence-corrected chi connectivity index (χ0v) is 14.4. The molecule has 2 amide bonds. The van der Waals surface area contributed by atoms with E-state index in [4.69, 9.17) is 0 Å². The van der Waals surface area contributed by atoms with Gasteiger partial charge in [-0.05, 0) is 30.3 Å². The first-order valence-electron chi connectivity index (χ1n) is 7.78. The Morgan fingerprint density at radius 2 is 2.05 bits per heavy atom. The number of rotatable bonds is 9. The Labute approximate surface area is 133 Å². The fourth-order valence-electron chi connectivity index (χ4n) is 2.27. The minimum Gasteiger partial charge on any atom is -0.312 e. The van der Waals surface area contributed by atoms with Gasteiger partial charge in [-0.25, -0.2) is 0 Å². The summed E-state index contributed by atoms with van der Waals surface area (Å²) in [6, 6.07) is 0. The van der Waals surface area contributed by atoms with Gasteiger partial charge < -0.3 is 4.79 Å². The molecule has 1 rings (SSSR count). The van der Waals surface area contributed by atoms with Gasteiger partial charge in [-0.2, -0.15) is 11.8 Å². The van der Waals surface area contributed by atoms with Crippen LogP contribution in [0.4, 0.5) is 0 Å². The molecule has 1 fully saturated rings. The molecule has 0 aliphatic carbocycles. The van der Waals surface area contributed by atoms with Crippen molar-refractivity contribution in [3.05, 3.63) is 0 Å². The summed E-state index contributed by atoms with van der Waals surface area (Å²) in [7, 11) is 3.70. The summed E-state index contributed by atoms with van der Waals surface area (Å²) in [5.41, 5.74) is 0.196. The predicted octanol–water partition coefficient (Wildman–Crippen LogP) is 0.326. The van der Waals surface area contributed by atoms with Crippen LogP contribution in [-0.2, 0) is 14.4 Å². The standard InChI is InChI=1S/C14H25B2NO3S/c1-3-14(2,16)21-10-9-12(19)17(13(10)20)8-6-4-5-7-11(15)18/h10H,3-9,15-16H2,1-2H3. The molecule has 0 radical (unpaired) electrons. The highest BCUT2D eigenvalue weighted by atomic mass is 32.2. The van der Waals surface area contributed by atoms with Crippen LogP contribution in [0.15, 0.2) is 0 Å². The van der Waals surface area contributed by atoms with Crippen LogP contribution < -0.4 is 0 Å². The van der Waals surface area contributed by atoms with Crippen molar-refractivity contribution >= 4 is 45.0 Å². The third-order valence-corrected chi connectivity index (χ3v) is 5.51. The van der Waals surface area contributed by atoms with E-state index in [0.717, 1.165) is 25.7 Å². The molecule has 0 aromatic heterocycles. The van der Waals surface area contributed by atoms with E-state index >= 15 is 0 Å². The molecule has 1 aliphatic heterocycles. The Hall–Kier alpha value is -0.710. The van der Waals surface area contributed by atoms with Crippen molar-refractivity contribution in [3.8, 4) is 0 Å². The van der Waals surface area contributed by atoms with Crippen LogP contribution in [0.3, 0.4) is 0 Å². The lowest BCUT2D eigenvalue weighted by Crippen LogP contribution is -2.34. The monoisotopic (exact) mass is 309 g/mol. The maximum absolute atomic E-state index is 12.3. The molecule has 21 heavy (non-hydrogen) atoms. The van der Waals surface area contributed by atoms with E-state index in [9.17, 15) is 14.4 Å². The summed E-state index contributed by atoms with van der Waals surface area (Å²) in [6.07, 6.45) is 4.41. The third kappa shape index (κ3) is 5.89. The normalized spacial score (nSPS) is 21.6. The zero-order chi connectivity index (χ0) is 16.0. The fourth-order valence-corrected chi connectivity index (χ4v) is 3.66. The minimum absolute atomic E-state index is 0.0259. The number of nitrogens with zero attached hydrogens (tertiary/aromatic N) is 1. The van der Waals surface area contributed by atoms with E-state index < -0.39 is 0 Å². The largest absolute Gasteiger partial charge is 0.312 e. The Kier molecular flexibility index (Phi) is 7.04. The van der Waals surface area contributed by atoms with Crippen LogP contribution in [-0.4, -0.2) is 54.5 Å². The molecule has 2 atom stereocenters. The lowest BCUT2D eigenvalue weighted by atomic mass is 9.86. The Morgan fingerprint density at radius 3 is 2.62 bits per heavy atom. The Bertz CT molecular complexity index is 415. The molecule has 1 heterocycles. The van der Waals surface area contributed by atoms with Gasteiger partial charge in [-0.1, -0.05) is 20.3 Å². The molecule has 2 unspecified atom stereocenters. The average molecular weight is 309 g/mol. The molecule has 0 bridgehead atoms. The first kappa shape index (κ1) is 18.3. The predicted molar refractivity (Wildman–Crippen MR) is 92.0 cm³/mol. The maximum Gasteiger partial charge on any atom is 0.242 e. The van der Waals surface area contributed by atoms with Crippen molar-refractivity contribution in [1.29, 1.82) is 0 Å². The summed E-state index contributed by atoms with van der Waals surface area (Å²) < 4.78 is 0.0259. The summed E-state index contributed by atoms with van der Waals surface area (Å²) in [5, 5.41) is -0.218. The number of unbranched alkanes of at least 4 members (excludes halogenated alkanes) is 2. The maximum atomic E-state index is 12.3. The van der Waals surface area contributed by atoms with Crippen molar-refractivity contribution in [1.82, 2.24) is 4.90 Å². The van der Waals surface area contributed by atoms with Crippen LogP contribution in [0, 0.1) is 0 Å². The van der Waals surface area contributed by atoms with Gasteiger partial charge in [0.05, 0.1) is 10.9 Å². The van der Waals surface area contributed by atoms with Crippen molar-refractivity contribution in [2.24, 2.45) is 0 Å². The number of likely N-dealkylation sites (tertiary alicyclic amines) is 1. The molecule has 1 saturated heterocycles. The third-order valence-electron chi connectivity index (χ3n) is 3.93. The molecule has 116 valence electrons. The van der Waals surface area contributed by atoms with Gasteiger partial charge in [0.1, 0.15) is 7.85 Å². The SMILES string of the molecule is BC(=O)CCCCCN1C(=O)CC(SC(B)(C)CC)C1=O. The smallest absolute Gasteiger partial charge is 0.242 e. The molecule has 1 aliphatic rings. The fraction of sp³-hybridized carbons (Fsp3) is 0.786. The first-order valence-corrected chi connectivity index (χ1v) is 8.66. The number of carbonyl (C=O) groups is 3. The van der Waals surface area contributed by atoms with Crippen LogP contribution in [0.1, 0.15) is 52.4 Å². The van der Waals surface area contributed by atoms with E-state index in [1.165, 1.54) is 4.90 Å². The molecule has 0 aromatic rings. The number of carbonyl (C=O) groups excluding carboxylic acids is 3. The van der Waals surface area contributed by atoms with Gasteiger partial charge in [-0.15, -0.1) is 0 Å². The van der Waals surface area contributed by atoms with Gasteiger partial charge in [-0.3, -0.25) is 14.5 Å². The van der Waals surface area contributed by atoms with Crippen LogP contribution >= 0.6 is 11.8 Å². The van der Waals surface area contributed by atoms with Gasteiger partial charge in [0.25, 0.3) is 0 Å². The molecule has 0 aromatic carbocycles. The topological polar surface area (TPSA) is 54.5 Å². The highest BCUT2D eigenvalue weighted by Crippen LogP contribution is 2.35. The molecule has 0 spiro atoms. The molecule has 4 nitrogen and oxygen atoms in total. The molecular weight excluding hydrogens is 284 g/mol. The minimum atomic E-state index is -0.218. The van der Waals surface area contributed by atoms with E-state index in [1.807, 2.05) is 0 Å². The van der Waals surface area contributed by atoms with Crippen molar-refractivity contribution in [2.75, 3.05) is 6.54 Å². The summed E-state index contributed by atoms with van der Waals surface area (Å²) in [5.74, 6) is -0.0749.